The predicted molar refractivity (Wildman–Crippen MR) is 153 cm³/mol. The molecule has 4 atom stereocenters. The van der Waals surface area contributed by atoms with Gasteiger partial charge in [0.25, 0.3) is 0 Å². The molecule has 1 spiro atoms. The molecule has 8 rings (SSSR count). The second kappa shape index (κ2) is 10.3. The van der Waals surface area contributed by atoms with E-state index in [4.69, 9.17) is 4.74 Å². The van der Waals surface area contributed by atoms with Crippen LogP contribution >= 0.6 is 0 Å². The van der Waals surface area contributed by atoms with Crippen LogP contribution in [0.25, 0.3) is 0 Å². The number of hydrogen-bond donors (Lipinski definition) is 3. The Morgan fingerprint density at radius 1 is 0.927 bits per heavy atom. The van der Waals surface area contributed by atoms with E-state index < -0.39 is 17.3 Å². The third-order valence-corrected chi connectivity index (χ3v) is 11.3. The second-order valence-electron chi connectivity index (χ2n) is 13.5. The number of benzene rings is 2. The van der Waals surface area contributed by atoms with E-state index in [9.17, 15) is 19.5 Å². The van der Waals surface area contributed by atoms with Crippen molar-refractivity contribution < 1.29 is 24.2 Å². The molecule has 216 valence electrons. The van der Waals surface area contributed by atoms with E-state index in [1.807, 2.05) is 48.5 Å². The van der Waals surface area contributed by atoms with Crippen LogP contribution in [0.1, 0.15) is 74.0 Å². The van der Waals surface area contributed by atoms with Crippen LogP contribution in [-0.4, -0.2) is 42.1 Å². The summed E-state index contributed by atoms with van der Waals surface area (Å²) in [5.41, 5.74) is 2.45. The third-order valence-electron chi connectivity index (χ3n) is 11.3. The number of fused-ring (bicyclic) bond motifs is 2. The summed E-state index contributed by atoms with van der Waals surface area (Å²) in [5, 5.41) is 16.5. The van der Waals surface area contributed by atoms with Crippen LogP contribution in [0.15, 0.2) is 54.6 Å². The number of carboxylic acid groups (broad SMARTS) is 1. The van der Waals surface area contributed by atoms with E-state index >= 15 is 0 Å². The summed E-state index contributed by atoms with van der Waals surface area (Å²) in [6.07, 6.45) is 5.78. The lowest BCUT2D eigenvalue weighted by atomic mass is 9.48. The minimum absolute atomic E-state index is 0.0732. The number of carbonyl (C=O) groups is 3. The fraction of sp³-hybridized carbons (Fsp3) is 0.559. The average molecular weight is 557 g/mol. The van der Waals surface area contributed by atoms with Crippen molar-refractivity contribution in [3.05, 3.63) is 71.3 Å². The molecule has 7 heteroatoms. The summed E-state index contributed by atoms with van der Waals surface area (Å²) in [6, 6.07) is 18.1. The Kier molecular flexibility index (Phi) is 6.68. The molecular weight excluding hydrogens is 516 g/mol. The first-order valence-corrected chi connectivity index (χ1v) is 15.4. The normalized spacial score (nSPS) is 34.2. The van der Waals surface area contributed by atoms with Crippen LogP contribution in [0.3, 0.4) is 0 Å². The van der Waals surface area contributed by atoms with Crippen LogP contribution in [0, 0.1) is 29.1 Å². The highest BCUT2D eigenvalue weighted by Crippen LogP contribution is 2.62. The zero-order valence-corrected chi connectivity index (χ0v) is 23.5. The lowest BCUT2D eigenvalue weighted by molar-refractivity contribution is -0.190. The van der Waals surface area contributed by atoms with Crippen molar-refractivity contribution in [2.24, 2.45) is 29.1 Å². The van der Waals surface area contributed by atoms with Crippen molar-refractivity contribution >= 4 is 17.8 Å². The maximum Gasteiger partial charge on any atom is 0.310 e. The molecule has 1 aliphatic heterocycles. The number of esters is 1. The van der Waals surface area contributed by atoms with Gasteiger partial charge in [0.1, 0.15) is 6.10 Å². The summed E-state index contributed by atoms with van der Waals surface area (Å²) in [4.78, 5) is 40.0. The van der Waals surface area contributed by atoms with E-state index in [-0.39, 0.29) is 47.6 Å². The summed E-state index contributed by atoms with van der Waals surface area (Å²) in [6.45, 7) is 2.13. The van der Waals surface area contributed by atoms with Gasteiger partial charge >= 0.3 is 11.9 Å². The molecule has 4 unspecified atom stereocenters. The first-order valence-electron chi connectivity index (χ1n) is 15.4. The lowest BCUT2D eigenvalue weighted by Gasteiger charge is -2.58. The second-order valence-corrected chi connectivity index (χ2v) is 13.5. The quantitative estimate of drug-likeness (QED) is 0.433. The molecule has 0 radical (unpaired) electrons. The molecule has 41 heavy (non-hydrogen) atoms. The van der Waals surface area contributed by atoms with Gasteiger partial charge in [0, 0.05) is 17.9 Å². The molecule has 0 aromatic heterocycles. The zero-order valence-electron chi connectivity index (χ0n) is 23.5. The molecule has 2 aromatic carbocycles. The fourth-order valence-corrected chi connectivity index (χ4v) is 9.89. The molecule has 2 aromatic rings. The largest absolute Gasteiger partial charge is 0.481 e. The van der Waals surface area contributed by atoms with E-state index in [1.165, 1.54) is 0 Å². The van der Waals surface area contributed by atoms with E-state index in [0.717, 1.165) is 74.7 Å². The first kappa shape index (κ1) is 26.7. The molecule has 3 N–H and O–H groups in total. The van der Waals surface area contributed by atoms with E-state index in [2.05, 4.69) is 16.7 Å². The zero-order chi connectivity index (χ0) is 28.2. The fourth-order valence-electron chi connectivity index (χ4n) is 9.89. The monoisotopic (exact) mass is 556 g/mol. The van der Waals surface area contributed by atoms with Crippen LogP contribution < -0.4 is 10.6 Å². The van der Waals surface area contributed by atoms with Crippen LogP contribution in [-0.2, 0) is 31.1 Å². The third kappa shape index (κ3) is 4.48. The molecule has 5 aliphatic carbocycles. The van der Waals surface area contributed by atoms with Crippen molar-refractivity contribution in [2.75, 3.05) is 13.1 Å². The van der Waals surface area contributed by atoms with Crippen molar-refractivity contribution in [3.8, 4) is 0 Å². The minimum atomic E-state index is -0.883. The topological polar surface area (TPSA) is 105 Å². The molecule has 4 saturated carbocycles. The number of ether oxygens (including phenoxy) is 1. The first-order chi connectivity index (χ1) is 19.9. The van der Waals surface area contributed by atoms with E-state index in [1.54, 1.807) is 0 Å². The number of carbonyl (C=O) groups excluding carboxylic acids is 2. The maximum absolute atomic E-state index is 14.3. The molecular formula is C34H40N2O5. The number of hydrogen-bond acceptors (Lipinski definition) is 5. The molecule has 4 bridgehead atoms. The summed E-state index contributed by atoms with van der Waals surface area (Å²) in [7, 11) is 0. The molecule has 6 aliphatic rings. The molecule has 1 saturated heterocycles. The highest BCUT2D eigenvalue weighted by Gasteiger charge is 2.61. The van der Waals surface area contributed by atoms with Gasteiger partial charge < -0.3 is 20.5 Å². The van der Waals surface area contributed by atoms with Gasteiger partial charge in [-0.3, -0.25) is 14.4 Å². The maximum atomic E-state index is 14.3. The van der Waals surface area contributed by atoms with Gasteiger partial charge in [-0.15, -0.1) is 0 Å². The standard InChI is InChI=1S/C34H40N2O5/c37-28(38)16-26-25-8-4-5-9-27(25)34(10-12-35-13-11-34)29(26)31(39)41-30-23-14-22-15-24(30)19-33(17-22,18-23)32(40)36-20-21-6-2-1-3-7-21/h1-9,22-24,26,29-30,35H,10-20H2,(H,36,40)(H,37,38). The van der Waals surface area contributed by atoms with Crippen molar-refractivity contribution in [2.45, 2.75) is 75.3 Å². The smallest absolute Gasteiger partial charge is 0.310 e. The number of nitrogens with one attached hydrogen (secondary N) is 2. The number of rotatable bonds is 7. The van der Waals surface area contributed by atoms with Crippen LogP contribution in [0.4, 0.5) is 0 Å². The average Bonchev–Trinajstić information content (AvgIpc) is 3.22. The van der Waals surface area contributed by atoms with Gasteiger partial charge in [-0.25, -0.2) is 0 Å². The molecule has 5 fully saturated rings. The SMILES string of the molecule is O=C(O)CC1c2ccccc2C2(CCNCC2)C1C(=O)OC1C2CC3CC1CC(C(=O)NCc1ccccc1)(C3)C2. The Hall–Kier alpha value is -3.19. The van der Waals surface area contributed by atoms with Gasteiger partial charge in [0.05, 0.1) is 17.8 Å². The molecule has 1 heterocycles. The van der Waals surface area contributed by atoms with Crippen molar-refractivity contribution in [3.63, 3.8) is 0 Å². The Morgan fingerprint density at radius 3 is 2.32 bits per heavy atom. The van der Waals surface area contributed by atoms with Crippen molar-refractivity contribution in [1.82, 2.24) is 10.6 Å². The van der Waals surface area contributed by atoms with E-state index in [0.29, 0.717) is 12.5 Å². The Bertz CT molecular complexity index is 1320. The Morgan fingerprint density at radius 2 is 1.61 bits per heavy atom. The Labute approximate surface area is 241 Å². The van der Waals surface area contributed by atoms with Gasteiger partial charge in [0.15, 0.2) is 0 Å². The van der Waals surface area contributed by atoms with Gasteiger partial charge in [-0.05, 0) is 92.5 Å². The minimum Gasteiger partial charge on any atom is -0.481 e. The number of carboxylic acids is 1. The summed E-state index contributed by atoms with van der Waals surface area (Å²) >= 11 is 0. The van der Waals surface area contributed by atoms with Crippen molar-refractivity contribution in [1.29, 1.82) is 0 Å². The number of piperidine rings is 1. The van der Waals surface area contributed by atoms with Crippen LogP contribution in [0.5, 0.6) is 0 Å². The molecule has 1 amide bonds. The predicted octanol–water partition coefficient (Wildman–Crippen LogP) is 4.55. The highest BCUT2D eigenvalue weighted by atomic mass is 16.5. The highest BCUT2D eigenvalue weighted by molar-refractivity contribution is 5.84. The number of amides is 1. The number of aliphatic carboxylic acids is 1. The van der Waals surface area contributed by atoms with Crippen LogP contribution in [0.2, 0.25) is 0 Å². The van der Waals surface area contributed by atoms with Gasteiger partial charge in [-0.1, -0.05) is 54.6 Å². The lowest BCUT2D eigenvalue weighted by Crippen LogP contribution is -2.59. The van der Waals surface area contributed by atoms with Gasteiger partial charge in [-0.2, -0.15) is 0 Å². The Balaban J connectivity index is 1.12. The summed E-state index contributed by atoms with van der Waals surface area (Å²) in [5.74, 6) is -0.999. The van der Waals surface area contributed by atoms with Gasteiger partial charge in [0.2, 0.25) is 5.91 Å². The molecule has 7 nitrogen and oxygen atoms in total. The summed E-state index contributed by atoms with van der Waals surface area (Å²) < 4.78 is 6.55.